The molecule has 0 radical (unpaired) electrons. The number of aromatic nitrogens is 1. The van der Waals surface area contributed by atoms with Crippen molar-refractivity contribution in [3.05, 3.63) is 136 Å². The molecule has 2 aliphatic rings. The number of hydrogen-bond acceptors (Lipinski definition) is 8. The van der Waals surface area contributed by atoms with Crippen molar-refractivity contribution in [2.24, 2.45) is 0 Å². The molecule has 6 atom stereocenters. The molecule has 4 aromatic carbocycles. The SMILES string of the molecule is CCC[C@H](C(=O)O)N1C(=O)CO[C@@H](c2ccc(Cl)cc2)[C@H]1c1cc2ccccc2[nH]1.CCC[C@H](C(C)=O)N1C(=O)CO[C@@H](c2ccc(Cl)cc2)[C@H]1C#Cc1ccccc1NC(C)=O.[Li+].[OH-]. The number of para-hydroxylation sites is 2. The van der Waals surface area contributed by atoms with E-state index in [0.29, 0.717) is 40.6 Å². The fourth-order valence-electron chi connectivity index (χ4n) is 8.08. The van der Waals surface area contributed by atoms with Crippen molar-refractivity contribution in [3.63, 3.8) is 0 Å². The Labute approximate surface area is 400 Å². The second-order valence-electron chi connectivity index (χ2n) is 15.4. The van der Waals surface area contributed by atoms with E-state index in [9.17, 15) is 29.1 Å². The smallest absolute Gasteiger partial charge is 0.870 e. The van der Waals surface area contributed by atoms with Gasteiger partial charge in [0.25, 0.3) is 0 Å². The van der Waals surface area contributed by atoms with E-state index in [1.54, 1.807) is 47.4 Å². The van der Waals surface area contributed by atoms with E-state index in [0.717, 1.165) is 34.1 Å². The topological polar surface area (TPSA) is 188 Å². The maximum Gasteiger partial charge on any atom is 1.00 e. The van der Waals surface area contributed by atoms with Gasteiger partial charge in [-0.25, -0.2) is 4.79 Å². The third kappa shape index (κ3) is 12.7. The summed E-state index contributed by atoms with van der Waals surface area (Å²) in [5.41, 5.74) is 4.49. The van der Waals surface area contributed by atoms with Crippen molar-refractivity contribution in [1.82, 2.24) is 14.8 Å². The Morgan fingerprint density at radius 1 is 0.785 bits per heavy atom. The van der Waals surface area contributed by atoms with Gasteiger partial charge in [-0.2, -0.15) is 0 Å². The van der Waals surface area contributed by atoms with Crippen LogP contribution >= 0.6 is 23.2 Å². The molecule has 0 spiro atoms. The molecule has 0 saturated carbocycles. The van der Waals surface area contributed by atoms with Crippen molar-refractivity contribution in [1.29, 1.82) is 0 Å². The molecular weight excluding hydrogens is 866 g/mol. The molecule has 16 heteroatoms. The molecule has 2 fully saturated rings. The van der Waals surface area contributed by atoms with E-state index < -0.39 is 42.3 Å². The number of aromatic amines is 1. The number of aliphatic carboxylic acids is 1. The summed E-state index contributed by atoms with van der Waals surface area (Å²) in [5, 5.41) is 14.8. The second kappa shape index (κ2) is 24.2. The van der Waals surface area contributed by atoms with Gasteiger partial charge in [0.05, 0.1) is 11.7 Å². The van der Waals surface area contributed by atoms with Gasteiger partial charge in [-0.1, -0.05) is 116 Å². The minimum atomic E-state index is -1.01. The van der Waals surface area contributed by atoms with Gasteiger partial charge < -0.3 is 40.2 Å². The number of ether oxygens (including phenoxy) is 2. The third-order valence-electron chi connectivity index (χ3n) is 10.9. The molecule has 4 N–H and O–H groups in total. The van der Waals surface area contributed by atoms with Crippen LogP contribution < -0.4 is 24.2 Å². The maximum atomic E-state index is 13.0. The predicted molar refractivity (Wildman–Crippen MR) is 244 cm³/mol. The number of carbonyl (C=O) groups excluding carboxylic acids is 4. The molecule has 1 aromatic heterocycles. The van der Waals surface area contributed by atoms with Crippen LogP contribution in [0.3, 0.4) is 0 Å². The molecule has 13 nitrogen and oxygen atoms in total. The minimum absolute atomic E-state index is 0. The van der Waals surface area contributed by atoms with E-state index in [-0.39, 0.29) is 61.1 Å². The molecule has 3 heterocycles. The molecule has 65 heavy (non-hydrogen) atoms. The molecule has 7 rings (SSSR count). The summed E-state index contributed by atoms with van der Waals surface area (Å²) < 4.78 is 11.9. The average molecular weight is 918 g/mol. The first-order valence-corrected chi connectivity index (χ1v) is 21.6. The first-order valence-electron chi connectivity index (χ1n) is 20.9. The van der Waals surface area contributed by atoms with Crippen molar-refractivity contribution in [2.45, 2.75) is 89.8 Å². The Kier molecular flexibility index (Phi) is 19.4. The summed E-state index contributed by atoms with van der Waals surface area (Å²) in [5.74, 6) is 4.38. The standard InChI is InChI=1S/C26H27ClN2O4.C23H23ClN2O4.Li.H2O/c1-4-7-23(17(2)30)29-24(15-12-19-8-5-6-9-22(19)28-18(3)31)26(33-16-25(29)32)20-10-13-21(27)14-11-20;1-2-5-19(23(28)29)26-20(27)13-30-22(14-8-10-16(24)11-9-14)21(26)18-12-15-6-3-4-7-17(15)25-18;;/h5-6,8-11,13-14,23-24,26H,4,7,16H2,1-3H3,(H,28,31);3-4,6-12,19,21-22,25H,2,5,13H2,1H3,(H,28,29);;1H2/q;;+1;/p-1/t23-,24-,26+;19-,21-,22+;;/m11../s1. The molecule has 0 aliphatic carbocycles. The van der Waals surface area contributed by atoms with Gasteiger partial charge in [-0.3, -0.25) is 19.2 Å². The fraction of sp³-hybridized carbons (Fsp3) is 0.327. The summed E-state index contributed by atoms with van der Waals surface area (Å²) in [4.78, 5) is 68.6. The van der Waals surface area contributed by atoms with Crippen LogP contribution in [0.15, 0.2) is 103 Å². The zero-order valence-electron chi connectivity index (χ0n) is 36.9. The number of nitrogens with zero attached hydrogens (tertiary/aromatic N) is 2. The number of H-pyrrole nitrogens is 1. The Hall–Kier alpha value is -5.41. The van der Waals surface area contributed by atoms with Gasteiger partial charge in [0, 0.05) is 33.7 Å². The van der Waals surface area contributed by atoms with Crippen LogP contribution in [-0.2, 0) is 33.4 Å². The number of carbonyl (C=O) groups is 5. The molecule has 5 aromatic rings. The Morgan fingerprint density at radius 2 is 1.32 bits per heavy atom. The van der Waals surface area contributed by atoms with Crippen molar-refractivity contribution in [3.8, 4) is 11.8 Å². The van der Waals surface area contributed by atoms with Crippen LogP contribution in [0.5, 0.6) is 0 Å². The first-order chi connectivity index (χ1) is 30.3. The van der Waals surface area contributed by atoms with Crippen molar-refractivity contribution < 1.29 is 62.9 Å². The number of halogens is 2. The predicted octanol–water partition coefficient (Wildman–Crippen LogP) is 5.92. The molecule has 336 valence electrons. The molecule has 0 unspecified atom stereocenters. The number of Topliss-reactive ketones (excluding diaryl/α,β-unsaturated/α-hetero) is 1. The largest absolute Gasteiger partial charge is 1.00 e. The number of benzene rings is 4. The number of morpholine rings is 2. The average Bonchev–Trinajstić information content (AvgIpc) is 3.70. The van der Waals surface area contributed by atoms with E-state index in [1.807, 2.05) is 74.5 Å². The number of fused-ring (bicyclic) bond motifs is 1. The Balaban J connectivity index is 0.000000277. The van der Waals surface area contributed by atoms with Crippen LogP contribution in [0.1, 0.15) is 94.0 Å². The van der Waals surface area contributed by atoms with Crippen LogP contribution in [0.25, 0.3) is 10.9 Å². The minimum Gasteiger partial charge on any atom is -0.870 e. The summed E-state index contributed by atoms with van der Waals surface area (Å²) in [6, 6.07) is 28.5. The number of rotatable bonds is 12. The van der Waals surface area contributed by atoms with Gasteiger partial charge >= 0.3 is 24.8 Å². The van der Waals surface area contributed by atoms with Crippen molar-refractivity contribution >= 4 is 69.3 Å². The second-order valence-corrected chi connectivity index (χ2v) is 16.3. The van der Waals surface area contributed by atoms with E-state index in [1.165, 1.54) is 18.7 Å². The van der Waals surface area contributed by atoms with E-state index in [2.05, 4.69) is 22.1 Å². The summed E-state index contributed by atoms with van der Waals surface area (Å²) >= 11 is 12.1. The van der Waals surface area contributed by atoms with Gasteiger partial charge in [-0.05, 0) is 84.8 Å². The number of carboxylic acid groups (broad SMARTS) is 1. The number of hydrogen-bond donors (Lipinski definition) is 3. The van der Waals surface area contributed by atoms with E-state index >= 15 is 0 Å². The number of ketones is 1. The fourth-order valence-corrected chi connectivity index (χ4v) is 8.33. The molecule has 2 aliphatic heterocycles. The van der Waals surface area contributed by atoms with Crippen molar-refractivity contribution in [2.75, 3.05) is 18.5 Å². The number of amides is 3. The van der Waals surface area contributed by atoms with Crippen LogP contribution in [0.4, 0.5) is 5.69 Å². The molecular formula is C49H51Cl2LiN4O9. The van der Waals surface area contributed by atoms with Gasteiger partial charge in [0.1, 0.15) is 43.5 Å². The summed E-state index contributed by atoms with van der Waals surface area (Å²) in [6.45, 7) is 6.51. The Bertz CT molecular complexity index is 2470. The van der Waals surface area contributed by atoms with Crippen LogP contribution in [0.2, 0.25) is 10.0 Å². The van der Waals surface area contributed by atoms with Crippen LogP contribution in [-0.4, -0.2) is 86.2 Å². The first kappa shape index (κ1) is 52.2. The summed E-state index contributed by atoms with van der Waals surface area (Å²) in [6.07, 6.45) is 1.21. The summed E-state index contributed by atoms with van der Waals surface area (Å²) in [7, 11) is 0. The third-order valence-corrected chi connectivity index (χ3v) is 11.4. The zero-order chi connectivity index (χ0) is 45.2. The zero-order valence-corrected chi connectivity index (χ0v) is 38.4. The van der Waals surface area contributed by atoms with E-state index in [4.69, 9.17) is 32.7 Å². The van der Waals surface area contributed by atoms with Gasteiger partial charge in [0.2, 0.25) is 17.7 Å². The number of carboxylic acids is 1. The number of anilines is 1. The maximum absolute atomic E-state index is 13.0. The van der Waals surface area contributed by atoms with Crippen LogP contribution in [0, 0.1) is 11.8 Å². The molecule has 0 bridgehead atoms. The normalized spacial score (nSPS) is 19.0. The Morgan fingerprint density at radius 3 is 1.89 bits per heavy atom. The molecule has 3 amide bonds. The van der Waals surface area contributed by atoms with Gasteiger partial charge in [-0.15, -0.1) is 0 Å². The quantitative estimate of drug-likeness (QED) is 0.101. The number of nitrogens with one attached hydrogen (secondary N) is 2. The molecule has 2 saturated heterocycles. The van der Waals surface area contributed by atoms with Gasteiger partial charge in [0.15, 0.2) is 5.78 Å². The monoisotopic (exact) mass is 916 g/mol.